The molecule has 3 aromatic carbocycles. The van der Waals surface area contributed by atoms with E-state index in [9.17, 15) is 39.6 Å². The molecule has 43 N–H and O–H groups in total. The number of methoxy groups -OCH3 is 1. The Morgan fingerprint density at radius 2 is 0.704 bits per heavy atom. The Balaban J connectivity index is -0.0000000267. The molecule has 32 nitrogen and oxygen atoms in total. The van der Waals surface area contributed by atoms with Crippen LogP contribution in [-0.4, -0.2) is 201 Å². The molecule has 0 bridgehead atoms. The zero-order valence-electron chi connectivity index (χ0n) is 44.6. The van der Waals surface area contributed by atoms with Crippen molar-refractivity contribution < 1.29 is 283 Å². The van der Waals surface area contributed by atoms with E-state index in [2.05, 4.69) is 63.7 Å². The number of nitrogens with one attached hydrogen (secondary N) is 3. The average Bonchev–Trinajstić information content (AvgIpc) is 3.16. The minimum Gasteiger partial charge on any atom is -0.504 e. The second-order valence-corrected chi connectivity index (χ2v) is 17.8. The molecule has 0 aliphatic carbocycles. The summed E-state index contributed by atoms with van der Waals surface area (Å²) < 4.78 is 8.98. The maximum absolute atomic E-state index is 12.2. The van der Waals surface area contributed by atoms with Crippen LogP contribution >= 0.6 is 47.8 Å². The van der Waals surface area contributed by atoms with Gasteiger partial charge in [0.15, 0.2) is 34.5 Å². The zero-order chi connectivity index (χ0) is 44.0. The SMILES string of the molecule is CC(Br)C(=O)NCCc1ccc(O)c(O)c1.CC(Br)C(=O)NCCc1ccc(O)c(O)c1.COCCOC(=O)C(C)(Br)CC(C)C(=O)NCCc1ccc(O)c(O)c1.O.O.O.O.O.O.O.O.O.O.O.O.O.O.O.O.O.[Ti].[Ti].[Ti].[Ti].[Ti].[Ti]. The number of hydrogen-bond acceptors (Lipinski definition) is 12. The monoisotopic (exact) mass is 1600 g/mol. The minimum absolute atomic E-state index is 0. The molecule has 0 aliphatic rings. The molecule has 0 aromatic heterocycles. The third-order valence-electron chi connectivity index (χ3n) is 8.06. The van der Waals surface area contributed by atoms with Crippen molar-refractivity contribution in [3.63, 3.8) is 0 Å². The maximum Gasteiger partial charge on any atom is 0.322 e. The van der Waals surface area contributed by atoms with Gasteiger partial charge in [-0.25, -0.2) is 0 Å². The largest absolute Gasteiger partial charge is 0.504 e. The van der Waals surface area contributed by atoms with Crippen molar-refractivity contribution in [1.29, 1.82) is 0 Å². The first kappa shape index (κ1) is 154. The molecule has 0 saturated heterocycles. The van der Waals surface area contributed by atoms with Crippen LogP contribution in [0.25, 0.3) is 0 Å². The van der Waals surface area contributed by atoms with Crippen LogP contribution in [-0.2, 0) is 178 Å². The molecule has 4 unspecified atom stereocenters. The van der Waals surface area contributed by atoms with E-state index in [0.29, 0.717) is 45.5 Å². The molecule has 3 rings (SSSR count). The number of halogens is 3. The molecule has 0 saturated carbocycles. The number of ether oxygens (including phenoxy) is 2. The van der Waals surface area contributed by atoms with Gasteiger partial charge in [-0.05, 0) is 99.5 Å². The van der Waals surface area contributed by atoms with Crippen LogP contribution in [0.5, 0.6) is 34.5 Å². The van der Waals surface area contributed by atoms with Gasteiger partial charge in [-0.3, -0.25) is 19.2 Å². The third-order valence-corrected chi connectivity index (χ3v) is 9.54. The summed E-state index contributed by atoms with van der Waals surface area (Å²) in [6, 6.07) is 13.8. The predicted molar refractivity (Wildman–Crippen MR) is 292 cm³/mol. The van der Waals surface area contributed by atoms with Gasteiger partial charge in [0.25, 0.3) is 0 Å². The Kier molecular flexibility index (Phi) is 159. The molecule has 81 heavy (non-hydrogen) atoms. The Morgan fingerprint density at radius 3 is 0.926 bits per heavy atom. The average molecular weight is 1600 g/mol. The van der Waals surface area contributed by atoms with Crippen LogP contribution in [0.2, 0.25) is 0 Å². The van der Waals surface area contributed by atoms with Crippen LogP contribution in [0.3, 0.4) is 0 Å². The molecule has 0 spiro atoms. The number of benzene rings is 3. The maximum atomic E-state index is 12.2. The standard InChI is InChI=1S/C18H26BrNO6.2C11H14BrNO3.17H2O.6Ti/c1-12(11-18(2,19)17(24)26-9-8-25-3)16(23)20-7-6-13-4-5-14(21)15(22)10-13;2*1-7(12)11(16)13-5-4-8-2-3-9(14)10(15)6-8;;;;;;;;;;;;;;;;;;;;;;;/h4-5,10,12,21-22H,6-9,11H2,1-3H3,(H,20,23);2*2-3,6-7,14-15H,4-5H2,1H3,(H,13,16);17*1H2;;;;;;. The van der Waals surface area contributed by atoms with E-state index < -0.39 is 16.2 Å². The molecule has 3 aromatic rings. The fourth-order valence-electron chi connectivity index (χ4n) is 4.74. The van der Waals surface area contributed by atoms with E-state index >= 15 is 0 Å². The van der Waals surface area contributed by atoms with Gasteiger partial charge >= 0.3 is 5.97 Å². The van der Waals surface area contributed by atoms with E-state index in [1.54, 1.807) is 45.9 Å². The quantitative estimate of drug-likeness (QED) is 0.0189. The number of phenols is 6. The van der Waals surface area contributed by atoms with E-state index in [1.165, 1.54) is 43.5 Å². The van der Waals surface area contributed by atoms with E-state index in [4.69, 9.17) is 19.7 Å². The number of amides is 3. The number of phenolic OH excluding ortho intramolecular Hbond substituents is 6. The number of esters is 1. The number of aromatic hydroxyl groups is 6. The van der Waals surface area contributed by atoms with Crippen LogP contribution in [0.15, 0.2) is 54.6 Å². The summed E-state index contributed by atoms with van der Waals surface area (Å²) in [5.74, 6) is -2.07. The topological polar surface area (TPSA) is 780 Å². The van der Waals surface area contributed by atoms with Crippen molar-refractivity contribution in [1.82, 2.24) is 16.0 Å². The summed E-state index contributed by atoms with van der Waals surface area (Å²) in [4.78, 5) is 46.3. The first-order valence-corrected chi connectivity index (χ1v) is 20.8. The van der Waals surface area contributed by atoms with E-state index in [1.807, 2.05) is 0 Å². The molecule has 4 atom stereocenters. The summed E-state index contributed by atoms with van der Waals surface area (Å²) in [7, 11) is 1.52. The first-order chi connectivity index (χ1) is 27.2. The molecule has 3 amide bonds. The number of alkyl halides is 3. The van der Waals surface area contributed by atoms with E-state index in [0.717, 1.165) is 16.7 Å². The van der Waals surface area contributed by atoms with Crippen LogP contribution in [0.1, 0.15) is 50.8 Å². The molecule has 0 aliphatic heterocycles. The van der Waals surface area contributed by atoms with Crippen LogP contribution < -0.4 is 16.0 Å². The number of carbonyl (C=O) groups excluding carboxylic acids is 4. The van der Waals surface area contributed by atoms with Gasteiger partial charge in [-0.2, -0.15) is 0 Å². The van der Waals surface area contributed by atoms with E-state index in [-0.39, 0.29) is 298 Å². The van der Waals surface area contributed by atoms with Crippen LogP contribution in [0, 0.1) is 5.92 Å². The first-order valence-electron chi connectivity index (χ1n) is 18.2. The van der Waals surface area contributed by atoms with Gasteiger partial charge < -0.3 is 149 Å². The van der Waals surface area contributed by atoms with Gasteiger partial charge in [-0.1, -0.05) is 72.9 Å². The zero-order valence-corrected chi connectivity index (χ0v) is 58.7. The summed E-state index contributed by atoms with van der Waals surface area (Å²) in [6.07, 6.45) is 2.01. The Morgan fingerprint density at radius 1 is 0.457 bits per heavy atom. The second-order valence-electron chi connectivity index (χ2n) is 13.3. The summed E-state index contributed by atoms with van der Waals surface area (Å²) in [5, 5.41) is 63.7. The van der Waals surface area contributed by atoms with Gasteiger partial charge in [0, 0.05) is 163 Å². The number of hydrogen-bond donors (Lipinski definition) is 9. The fourth-order valence-corrected chi connectivity index (χ4v) is 5.66. The summed E-state index contributed by atoms with van der Waals surface area (Å²) >= 11 is 9.67. The second kappa shape index (κ2) is 83.6. The Bertz CT molecular complexity index is 1760. The third kappa shape index (κ3) is 66.7. The van der Waals surface area contributed by atoms with Crippen molar-refractivity contribution in [2.75, 3.05) is 40.0 Å². The van der Waals surface area contributed by atoms with Crippen LogP contribution in [0.4, 0.5) is 0 Å². The van der Waals surface area contributed by atoms with Crippen molar-refractivity contribution in [3.05, 3.63) is 71.3 Å². The van der Waals surface area contributed by atoms with Gasteiger partial charge in [-0.15, -0.1) is 0 Å². The summed E-state index contributed by atoms with van der Waals surface area (Å²) in [6.45, 7) is 8.77. The summed E-state index contributed by atoms with van der Waals surface area (Å²) in [5.41, 5.74) is 2.51. The number of carbonyl (C=O) groups is 4. The fraction of sp³-hybridized carbons (Fsp3) is 0.450. The smallest absolute Gasteiger partial charge is 0.322 e. The van der Waals surface area contributed by atoms with Crippen molar-refractivity contribution in [3.8, 4) is 34.5 Å². The molecular weight excluding hydrogens is 1510 g/mol. The number of rotatable bonds is 18. The van der Waals surface area contributed by atoms with Gasteiger partial charge in [0.2, 0.25) is 17.7 Å². The minimum atomic E-state index is -0.958. The Hall–Kier alpha value is -0.654. The van der Waals surface area contributed by atoms with Crippen molar-refractivity contribution in [2.45, 2.75) is 67.4 Å². The predicted octanol–water partition coefficient (Wildman–Crippen LogP) is -8.83. The molecular formula is C40H88Br3N3O29Ti6. The Labute approximate surface area is 583 Å². The molecule has 0 radical (unpaired) electrons. The van der Waals surface area contributed by atoms with Gasteiger partial charge in [0.05, 0.1) is 16.3 Å². The molecule has 482 valence electrons. The van der Waals surface area contributed by atoms with Gasteiger partial charge in [0.1, 0.15) is 10.9 Å². The molecule has 0 heterocycles. The molecule has 0 fully saturated rings. The van der Waals surface area contributed by atoms with Crippen molar-refractivity contribution in [2.24, 2.45) is 5.92 Å². The van der Waals surface area contributed by atoms with Crippen molar-refractivity contribution >= 4 is 71.5 Å². The normalized spacial score (nSPS) is 9.38. The molecule has 41 heteroatoms.